The van der Waals surface area contributed by atoms with Gasteiger partial charge in [-0.2, -0.15) is 9.57 Å². The third-order valence-corrected chi connectivity index (χ3v) is 9.45. The maximum atomic E-state index is 13.3. The van der Waals surface area contributed by atoms with Gasteiger partial charge in [0.2, 0.25) is 10.0 Å². The Labute approximate surface area is 177 Å². The van der Waals surface area contributed by atoms with E-state index in [0.29, 0.717) is 4.31 Å². The molecule has 30 heavy (non-hydrogen) atoms. The van der Waals surface area contributed by atoms with Gasteiger partial charge in [0.05, 0.1) is 28.2 Å². The monoisotopic (exact) mass is 474 g/mol. The molecule has 0 aromatic heterocycles. The minimum atomic E-state index is -4.40. The maximum absolute atomic E-state index is 13.3. The molecule has 12 heteroatoms. The number of benzene rings is 2. The zero-order valence-electron chi connectivity index (χ0n) is 15.2. The minimum Gasteiger partial charge on any atom is -0.393 e. The van der Waals surface area contributed by atoms with Crippen LogP contribution < -0.4 is 0 Å². The van der Waals surface area contributed by atoms with Crippen molar-refractivity contribution in [3.05, 3.63) is 58.9 Å². The highest BCUT2D eigenvalue weighted by atomic mass is 35.5. The van der Waals surface area contributed by atoms with E-state index in [9.17, 15) is 31.4 Å². The average molecular weight is 475 g/mol. The van der Waals surface area contributed by atoms with Crippen molar-refractivity contribution in [2.75, 3.05) is 19.7 Å². The highest BCUT2D eigenvalue weighted by Gasteiger charge is 2.55. The van der Waals surface area contributed by atoms with E-state index in [4.69, 9.17) is 16.9 Å². The number of aliphatic hydroxyl groups excluding tert-OH is 1. The van der Waals surface area contributed by atoms with Crippen LogP contribution in [0.15, 0.2) is 52.3 Å². The number of sulfonamides is 1. The summed E-state index contributed by atoms with van der Waals surface area (Å²) < 4.78 is 66.0. The van der Waals surface area contributed by atoms with Gasteiger partial charge in [-0.05, 0) is 42.5 Å². The predicted molar refractivity (Wildman–Crippen MR) is 104 cm³/mol. The van der Waals surface area contributed by atoms with Gasteiger partial charge in [0.15, 0.2) is 9.84 Å². The molecule has 0 aliphatic carbocycles. The summed E-state index contributed by atoms with van der Waals surface area (Å²) in [6, 6.07) is 9.34. The summed E-state index contributed by atoms with van der Waals surface area (Å²) in [4.78, 5) is -0.695. The molecule has 1 heterocycles. The van der Waals surface area contributed by atoms with Crippen molar-refractivity contribution in [2.45, 2.75) is 20.6 Å². The number of aliphatic hydroxyl groups is 2. The lowest BCUT2D eigenvalue weighted by Crippen LogP contribution is -2.49. The fourth-order valence-electron chi connectivity index (χ4n) is 3.26. The first-order chi connectivity index (χ1) is 14.0. The largest absolute Gasteiger partial charge is 0.393 e. The van der Waals surface area contributed by atoms with Crippen LogP contribution in [0.1, 0.15) is 5.56 Å². The summed E-state index contributed by atoms with van der Waals surface area (Å²) in [6.07, 6.45) is 0. The Balaban J connectivity index is 2.02. The predicted octanol–water partition coefficient (Wildman–Crippen LogP) is 0.921. The summed E-state index contributed by atoms with van der Waals surface area (Å²) in [5.41, 5.74) is -2.07. The lowest BCUT2D eigenvalue weighted by atomic mass is 10.1. The number of nitriles is 1. The van der Waals surface area contributed by atoms with E-state index in [1.807, 2.05) is 6.07 Å². The van der Waals surface area contributed by atoms with Crippen LogP contribution in [0.3, 0.4) is 0 Å². The molecule has 2 aromatic rings. The second-order valence-electron chi connectivity index (χ2n) is 6.80. The Bertz CT molecular complexity index is 1230. The molecule has 1 aliphatic rings. The van der Waals surface area contributed by atoms with Crippen molar-refractivity contribution in [1.29, 1.82) is 5.26 Å². The molecule has 3 rings (SSSR count). The van der Waals surface area contributed by atoms with Crippen LogP contribution in [0.2, 0.25) is 5.02 Å². The van der Waals surface area contributed by atoms with Gasteiger partial charge in [0.25, 0.3) is 0 Å². The van der Waals surface area contributed by atoms with Crippen molar-refractivity contribution in [3.8, 4) is 6.07 Å². The van der Waals surface area contributed by atoms with Crippen LogP contribution >= 0.6 is 11.6 Å². The van der Waals surface area contributed by atoms with E-state index >= 15 is 0 Å². The fourth-order valence-corrected chi connectivity index (χ4v) is 7.32. The molecule has 2 aromatic carbocycles. The van der Waals surface area contributed by atoms with Crippen LogP contribution in [0, 0.1) is 17.1 Å². The van der Waals surface area contributed by atoms with Gasteiger partial charge >= 0.3 is 0 Å². The Morgan fingerprint density at radius 2 is 1.83 bits per heavy atom. The second-order valence-corrected chi connectivity index (χ2v) is 11.2. The highest BCUT2D eigenvalue weighted by molar-refractivity contribution is 7.92. The zero-order chi connectivity index (χ0) is 22.3. The molecule has 2 atom stereocenters. The molecule has 0 bridgehead atoms. The topological polar surface area (TPSA) is 136 Å². The molecule has 2 N–H and O–H groups in total. The number of rotatable bonds is 5. The number of halogens is 2. The zero-order valence-corrected chi connectivity index (χ0v) is 17.6. The van der Waals surface area contributed by atoms with Crippen LogP contribution in [-0.4, -0.2) is 61.9 Å². The number of sulfone groups is 1. The van der Waals surface area contributed by atoms with E-state index in [2.05, 4.69) is 0 Å². The van der Waals surface area contributed by atoms with E-state index in [-0.39, 0.29) is 10.5 Å². The summed E-state index contributed by atoms with van der Waals surface area (Å²) in [5, 5.41) is 27.2. The minimum absolute atomic E-state index is 0.216. The van der Waals surface area contributed by atoms with Gasteiger partial charge in [-0.1, -0.05) is 11.6 Å². The first kappa shape index (κ1) is 22.6. The van der Waals surface area contributed by atoms with Crippen LogP contribution in [0.4, 0.5) is 4.39 Å². The quantitative estimate of drug-likeness (QED) is 0.657. The SMILES string of the molecule is N#Cc1ccc(S(=O)(=O)[C@H]2CN(S(=O)(=O)c3ccc(F)cc3Cl)C[C@@]2(O)CO)cc1. The standard InChI is InChI=1S/C18H16ClFN2O6S2/c19-15-7-13(20)3-6-16(15)30(27,28)22-9-17(18(24,10-22)11-23)29(25,26)14-4-1-12(8-21)2-5-14/h1-7,17,23-24H,9-11H2/t17-,18+/m0/s1. The van der Waals surface area contributed by atoms with Gasteiger partial charge < -0.3 is 10.2 Å². The lowest BCUT2D eigenvalue weighted by molar-refractivity contribution is 0.00160. The summed E-state index contributed by atoms with van der Waals surface area (Å²) in [7, 11) is -8.69. The maximum Gasteiger partial charge on any atom is 0.244 e. The first-order valence-electron chi connectivity index (χ1n) is 8.48. The molecule has 0 amide bonds. The van der Waals surface area contributed by atoms with E-state index in [1.54, 1.807) is 0 Å². The molecule has 8 nitrogen and oxygen atoms in total. The third kappa shape index (κ3) is 3.82. The molecule has 160 valence electrons. The first-order valence-corrected chi connectivity index (χ1v) is 11.8. The van der Waals surface area contributed by atoms with Crippen molar-refractivity contribution < 1.29 is 31.4 Å². The Kier molecular flexibility index (Phi) is 5.94. The van der Waals surface area contributed by atoms with Gasteiger partial charge in [-0.25, -0.2) is 21.2 Å². The van der Waals surface area contributed by atoms with Crippen LogP contribution in [0.25, 0.3) is 0 Å². The van der Waals surface area contributed by atoms with Crippen molar-refractivity contribution >= 4 is 31.5 Å². The molecular weight excluding hydrogens is 459 g/mol. The van der Waals surface area contributed by atoms with Gasteiger partial charge in [0.1, 0.15) is 21.6 Å². The van der Waals surface area contributed by atoms with E-state index < -0.39 is 66.1 Å². The number of hydrogen-bond donors (Lipinski definition) is 2. The molecule has 0 spiro atoms. The smallest absolute Gasteiger partial charge is 0.244 e. The van der Waals surface area contributed by atoms with E-state index in [1.165, 1.54) is 24.3 Å². The van der Waals surface area contributed by atoms with Gasteiger partial charge in [0, 0.05) is 13.1 Å². The molecule has 0 radical (unpaired) electrons. The summed E-state index contributed by atoms with van der Waals surface area (Å²) in [5.74, 6) is -0.756. The summed E-state index contributed by atoms with van der Waals surface area (Å²) >= 11 is 5.85. The van der Waals surface area contributed by atoms with Crippen molar-refractivity contribution in [1.82, 2.24) is 4.31 Å². The Morgan fingerprint density at radius 3 is 2.37 bits per heavy atom. The number of nitrogens with zero attached hydrogens (tertiary/aromatic N) is 2. The molecule has 0 unspecified atom stereocenters. The third-order valence-electron chi connectivity index (χ3n) is 4.89. The van der Waals surface area contributed by atoms with E-state index in [0.717, 1.165) is 18.2 Å². The van der Waals surface area contributed by atoms with Crippen molar-refractivity contribution in [2.24, 2.45) is 0 Å². The second kappa shape index (κ2) is 7.88. The molecule has 1 aliphatic heterocycles. The molecule has 0 saturated carbocycles. The number of hydrogen-bond acceptors (Lipinski definition) is 7. The van der Waals surface area contributed by atoms with Crippen LogP contribution in [-0.2, 0) is 19.9 Å². The normalized spacial score (nSPS) is 22.7. The Hall–Kier alpha value is -2.07. The number of β-amino-alcohol motifs (C(OH)–C–C–N with tert-alkyl or cyclic N) is 1. The summed E-state index contributed by atoms with van der Waals surface area (Å²) in [6.45, 7) is -2.38. The molecule has 1 fully saturated rings. The lowest BCUT2D eigenvalue weighted by Gasteiger charge is -2.26. The molecule has 1 saturated heterocycles. The van der Waals surface area contributed by atoms with Gasteiger partial charge in [-0.15, -0.1) is 0 Å². The fraction of sp³-hybridized carbons (Fsp3) is 0.278. The highest BCUT2D eigenvalue weighted by Crippen LogP contribution is 2.36. The Morgan fingerprint density at radius 1 is 1.20 bits per heavy atom. The van der Waals surface area contributed by atoms with Crippen LogP contribution in [0.5, 0.6) is 0 Å². The van der Waals surface area contributed by atoms with Crippen molar-refractivity contribution in [3.63, 3.8) is 0 Å². The molecular formula is C18H16ClFN2O6S2. The average Bonchev–Trinajstić information content (AvgIpc) is 3.07. The van der Waals surface area contributed by atoms with Gasteiger partial charge in [-0.3, -0.25) is 0 Å².